The van der Waals surface area contributed by atoms with Crippen molar-refractivity contribution in [3.63, 3.8) is 0 Å². The third-order valence-electron chi connectivity index (χ3n) is 2.59. The number of rotatable bonds is 4. The summed E-state index contributed by atoms with van der Waals surface area (Å²) in [5.41, 5.74) is 6.08. The molecule has 1 unspecified atom stereocenters. The maximum atomic E-state index is 13.8. The first-order valence-electron chi connectivity index (χ1n) is 5.61. The van der Waals surface area contributed by atoms with Crippen LogP contribution in [0.4, 0.5) is 23.2 Å². The topological polar surface area (TPSA) is 29.3 Å². The molecular formula is C12H16F4N2. The van der Waals surface area contributed by atoms with E-state index in [0.717, 1.165) is 4.90 Å². The molecular weight excluding hydrogens is 248 g/mol. The SMILES string of the molecule is CCN(CC(F)(F)F)c1ccc(C(C)N)cc1F. The predicted molar refractivity (Wildman–Crippen MR) is 62.9 cm³/mol. The fourth-order valence-corrected chi connectivity index (χ4v) is 1.65. The summed E-state index contributed by atoms with van der Waals surface area (Å²) in [6.07, 6.45) is -4.36. The molecule has 0 bridgehead atoms. The van der Waals surface area contributed by atoms with Gasteiger partial charge in [0.15, 0.2) is 0 Å². The molecule has 1 rings (SSSR count). The number of halogens is 4. The van der Waals surface area contributed by atoms with E-state index in [0.29, 0.717) is 5.56 Å². The van der Waals surface area contributed by atoms with E-state index in [4.69, 9.17) is 5.73 Å². The lowest BCUT2D eigenvalue weighted by atomic mass is 10.1. The number of hydrogen-bond acceptors (Lipinski definition) is 2. The number of nitrogens with two attached hydrogens (primary N) is 1. The fraction of sp³-hybridized carbons (Fsp3) is 0.500. The zero-order chi connectivity index (χ0) is 13.9. The van der Waals surface area contributed by atoms with Crippen molar-refractivity contribution in [3.8, 4) is 0 Å². The van der Waals surface area contributed by atoms with Crippen LogP contribution in [-0.2, 0) is 0 Å². The van der Waals surface area contributed by atoms with Crippen LogP contribution < -0.4 is 10.6 Å². The van der Waals surface area contributed by atoms with Crippen LogP contribution in [0, 0.1) is 5.82 Å². The Labute approximate surface area is 103 Å². The highest BCUT2D eigenvalue weighted by Crippen LogP contribution is 2.26. The molecule has 0 aliphatic heterocycles. The van der Waals surface area contributed by atoms with Crippen LogP contribution in [0.2, 0.25) is 0 Å². The van der Waals surface area contributed by atoms with E-state index in [1.165, 1.54) is 12.1 Å². The van der Waals surface area contributed by atoms with Gasteiger partial charge in [-0.25, -0.2) is 4.39 Å². The van der Waals surface area contributed by atoms with Gasteiger partial charge >= 0.3 is 6.18 Å². The van der Waals surface area contributed by atoms with Crippen molar-refractivity contribution >= 4 is 5.69 Å². The van der Waals surface area contributed by atoms with Crippen molar-refractivity contribution < 1.29 is 17.6 Å². The van der Waals surface area contributed by atoms with Crippen molar-refractivity contribution in [2.24, 2.45) is 5.73 Å². The lowest BCUT2D eigenvalue weighted by Gasteiger charge is -2.25. The van der Waals surface area contributed by atoms with E-state index in [-0.39, 0.29) is 18.3 Å². The Morgan fingerprint density at radius 1 is 1.33 bits per heavy atom. The molecule has 1 aromatic rings. The molecule has 0 saturated carbocycles. The van der Waals surface area contributed by atoms with Gasteiger partial charge in [-0.3, -0.25) is 0 Å². The van der Waals surface area contributed by atoms with Crippen molar-refractivity contribution in [2.45, 2.75) is 26.1 Å². The zero-order valence-electron chi connectivity index (χ0n) is 10.3. The summed E-state index contributed by atoms with van der Waals surface area (Å²) in [6.45, 7) is 2.14. The molecule has 2 nitrogen and oxygen atoms in total. The molecule has 1 aromatic carbocycles. The maximum Gasteiger partial charge on any atom is 0.405 e. The van der Waals surface area contributed by atoms with Crippen LogP contribution in [0.15, 0.2) is 18.2 Å². The first-order valence-corrected chi connectivity index (χ1v) is 5.61. The molecule has 6 heteroatoms. The van der Waals surface area contributed by atoms with Crippen molar-refractivity contribution in [1.82, 2.24) is 0 Å². The Balaban J connectivity index is 3.00. The highest BCUT2D eigenvalue weighted by Gasteiger charge is 2.31. The van der Waals surface area contributed by atoms with Crippen LogP contribution in [0.1, 0.15) is 25.5 Å². The van der Waals surface area contributed by atoms with E-state index in [2.05, 4.69) is 0 Å². The zero-order valence-corrected chi connectivity index (χ0v) is 10.3. The standard InChI is InChI=1S/C12H16F4N2/c1-3-18(7-12(14,15)16)11-5-4-9(8(2)17)6-10(11)13/h4-6,8H,3,7,17H2,1-2H3. The minimum atomic E-state index is -4.36. The lowest BCUT2D eigenvalue weighted by molar-refractivity contribution is -0.119. The predicted octanol–water partition coefficient (Wildman–Crippen LogP) is 3.23. The number of anilines is 1. The molecule has 18 heavy (non-hydrogen) atoms. The first kappa shape index (κ1) is 14.8. The Morgan fingerprint density at radius 2 is 1.94 bits per heavy atom. The highest BCUT2D eigenvalue weighted by atomic mass is 19.4. The minimum Gasteiger partial charge on any atom is -0.360 e. The molecule has 0 spiro atoms. The van der Waals surface area contributed by atoms with Crippen LogP contribution in [0.25, 0.3) is 0 Å². The van der Waals surface area contributed by atoms with Gasteiger partial charge in [-0.15, -0.1) is 0 Å². The van der Waals surface area contributed by atoms with Crippen molar-refractivity contribution in [1.29, 1.82) is 0 Å². The van der Waals surface area contributed by atoms with Gasteiger partial charge in [0.05, 0.1) is 5.69 Å². The summed E-state index contributed by atoms with van der Waals surface area (Å²) >= 11 is 0. The largest absolute Gasteiger partial charge is 0.405 e. The molecule has 0 aromatic heterocycles. The van der Waals surface area contributed by atoms with E-state index < -0.39 is 18.5 Å². The number of nitrogens with zero attached hydrogens (tertiary/aromatic N) is 1. The van der Waals surface area contributed by atoms with Gasteiger partial charge in [-0.1, -0.05) is 6.07 Å². The Morgan fingerprint density at radius 3 is 2.33 bits per heavy atom. The molecule has 0 aliphatic rings. The van der Waals surface area contributed by atoms with E-state index in [1.54, 1.807) is 19.9 Å². The second-order valence-electron chi connectivity index (χ2n) is 4.13. The summed E-state index contributed by atoms with van der Waals surface area (Å²) in [4.78, 5) is 0.945. The first-order chi connectivity index (χ1) is 8.24. The molecule has 0 radical (unpaired) electrons. The quantitative estimate of drug-likeness (QED) is 0.846. The van der Waals surface area contributed by atoms with Crippen LogP contribution in [-0.4, -0.2) is 19.3 Å². The third kappa shape index (κ3) is 3.87. The van der Waals surface area contributed by atoms with E-state index in [9.17, 15) is 17.6 Å². The summed E-state index contributed by atoms with van der Waals surface area (Å²) in [6, 6.07) is 3.70. The van der Waals surface area contributed by atoms with Gasteiger partial charge < -0.3 is 10.6 Å². The van der Waals surface area contributed by atoms with Gasteiger partial charge in [-0.2, -0.15) is 13.2 Å². The van der Waals surface area contributed by atoms with Crippen LogP contribution >= 0.6 is 0 Å². The molecule has 102 valence electrons. The molecule has 0 saturated heterocycles. The summed E-state index contributed by atoms with van der Waals surface area (Å²) in [5, 5.41) is 0. The number of alkyl halides is 3. The fourth-order valence-electron chi connectivity index (χ4n) is 1.65. The Kier molecular flexibility index (Phi) is 4.56. The molecule has 0 heterocycles. The number of benzene rings is 1. The van der Waals surface area contributed by atoms with Crippen LogP contribution in [0.5, 0.6) is 0 Å². The average molecular weight is 264 g/mol. The van der Waals surface area contributed by atoms with E-state index >= 15 is 0 Å². The molecule has 0 fully saturated rings. The smallest absolute Gasteiger partial charge is 0.360 e. The third-order valence-corrected chi connectivity index (χ3v) is 2.59. The summed E-state index contributed by atoms with van der Waals surface area (Å²) < 4.78 is 50.8. The molecule has 0 aliphatic carbocycles. The summed E-state index contributed by atoms with van der Waals surface area (Å²) in [7, 11) is 0. The second kappa shape index (κ2) is 5.56. The second-order valence-corrected chi connectivity index (χ2v) is 4.13. The van der Waals surface area contributed by atoms with Gasteiger partial charge in [0.1, 0.15) is 12.4 Å². The average Bonchev–Trinajstić information content (AvgIpc) is 2.24. The highest BCUT2D eigenvalue weighted by molar-refractivity contribution is 5.49. The van der Waals surface area contributed by atoms with Crippen molar-refractivity contribution in [3.05, 3.63) is 29.6 Å². The Hall–Kier alpha value is -1.30. The maximum absolute atomic E-state index is 13.8. The van der Waals surface area contributed by atoms with Gasteiger partial charge in [0, 0.05) is 12.6 Å². The normalized spacial score (nSPS) is 13.5. The molecule has 0 amide bonds. The van der Waals surface area contributed by atoms with E-state index in [1.807, 2.05) is 0 Å². The minimum absolute atomic E-state index is 0.0563. The van der Waals surface area contributed by atoms with Gasteiger partial charge in [0.2, 0.25) is 0 Å². The lowest BCUT2D eigenvalue weighted by Crippen LogP contribution is -2.34. The summed E-state index contributed by atoms with van der Waals surface area (Å²) in [5.74, 6) is -0.684. The number of hydrogen-bond donors (Lipinski definition) is 1. The molecule has 2 N–H and O–H groups in total. The van der Waals surface area contributed by atoms with Gasteiger partial charge in [-0.05, 0) is 31.5 Å². The monoisotopic (exact) mass is 264 g/mol. The van der Waals surface area contributed by atoms with Crippen molar-refractivity contribution in [2.75, 3.05) is 18.0 Å². The van der Waals surface area contributed by atoms with Gasteiger partial charge in [0.25, 0.3) is 0 Å². The molecule has 1 atom stereocenters. The van der Waals surface area contributed by atoms with Crippen LogP contribution in [0.3, 0.4) is 0 Å². The Bertz CT molecular complexity index is 402.